The number of aliphatic carboxylic acids is 4. The minimum absolute atomic E-state index is 0.0826. The molecule has 22 heavy (non-hydrogen) atoms. The summed E-state index contributed by atoms with van der Waals surface area (Å²) in [6, 6.07) is 0. The van der Waals surface area contributed by atoms with Gasteiger partial charge in [0, 0.05) is 7.05 Å². The number of nitrogens with two attached hydrogens (primary N) is 1. The quantitative estimate of drug-likeness (QED) is 0.120. The highest BCUT2D eigenvalue weighted by atomic mass is 16.4. The van der Waals surface area contributed by atoms with Crippen LogP contribution in [0.3, 0.4) is 0 Å². The zero-order valence-corrected chi connectivity index (χ0v) is 11.5. The maximum absolute atomic E-state index is 10.3. The molecule has 0 unspecified atom stereocenters. The number of likely N-dealkylation sites (N-methyl/N-ethyl adjacent to an activating group) is 1. The smallest absolute Gasteiger partial charge is 0.336 e. The predicted molar refractivity (Wildman–Crippen MR) is 70.0 cm³/mol. The Morgan fingerprint density at radius 2 is 1.45 bits per heavy atom. The first-order valence-corrected chi connectivity index (χ1v) is 5.49. The summed E-state index contributed by atoms with van der Waals surface area (Å²) < 4.78 is 0. The van der Waals surface area contributed by atoms with Gasteiger partial charge in [-0.25, -0.2) is 4.79 Å². The van der Waals surface area contributed by atoms with Crippen LogP contribution in [0.4, 0.5) is 0 Å². The van der Waals surface area contributed by atoms with Crippen LogP contribution in [0.25, 0.3) is 0 Å². The van der Waals surface area contributed by atoms with Gasteiger partial charge < -0.3 is 36.3 Å². The summed E-state index contributed by atoms with van der Waals surface area (Å²) in [6.07, 6.45) is -1.04. The van der Waals surface area contributed by atoms with Crippen LogP contribution in [-0.4, -0.2) is 79.8 Å². The molecule has 0 aromatic heterocycles. The molecule has 0 aliphatic carbocycles. The molecule has 12 nitrogen and oxygen atoms in total. The van der Waals surface area contributed by atoms with Crippen LogP contribution in [0.2, 0.25) is 0 Å². The fourth-order valence-electron chi connectivity index (χ4n) is 1.08. The second-order valence-electron chi connectivity index (χ2n) is 4.05. The van der Waals surface area contributed by atoms with Crippen molar-refractivity contribution in [2.75, 3.05) is 13.6 Å². The van der Waals surface area contributed by atoms with Crippen LogP contribution >= 0.6 is 0 Å². The molecule has 12 heteroatoms. The summed E-state index contributed by atoms with van der Waals surface area (Å²) in [5, 5.41) is 45.1. The second kappa shape index (κ2) is 9.93. The summed E-state index contributed by atoms with van der Waals surface area (Å²) >= 11 is 0. The molecule has 0 aliphatic heterocycles. The standard InChI is InChI=1S/C6H8O7.C4H9N3O2/c7-3(8)1-6(13,5(11)12)2-4(9)10;1-7(3-6-5)2-4(8)9/h13H,1-2H2,(H,7,8)(H,9,10)(H,11,12);3H,2,5H2,1H3,(H,8,9). The molecule has 0 aliphatic rings. The topological polar surface area (TPSA) is 211 Å². The Hall–Kier alpha value is -2.89. The van der Waals surface area contributed by atoms with Gasteiger partial charge in [-0.05, 0) is 0 Å². The highest BCUT2D eigenvalue weighted by Gasteiger charge is 2.40. The molecule has 0 fully saturated rings. The summed E-state index contributed by atoms with van der Waals surface area (Å²) in [5.41, 5.74) is -2.74. The molecule has 0 saturated carbocycles. The Labute approximate surface area is 124 Å². The zero-order chi connectivity index (χ0) is 17.9. The molecule has 0 amide bonds. The average Bonchev–Trinajstić information content (AvgIpc) is 2.26. The molecule has 0 bridgehead atoms. The highest BCUT2D eigenvalue weighted by molar-refractivity contribution is 5.88. The molecule has 0 radical (unpaired) electrons. The third-order valence-electron chi connectivity index (χ3n) is 1.93. The first-order chi connectivity index (χ1) is 9.94. The van der Waals surface area contributed by atoms with Crippen molar-refractivity contribution in [3.8, 4) is 0 Å². The lowest BCUT2D eigenvalue weighted by Crippen LogP contribution is -2.42. The number of carboxylic acids is 4. The Morgan fingerprint density at radius 1 is 1.05 bits per heavy atom. The van der Waals surface area contributed by atoms with Crippen molar-refractivity contribution in [1.82, 2.24) is 4.90 Å². The molecule has 7 N–H and O–H groups in total. The third-order valence-corrected chi connectivity index (χ3v) is 1.93. The monoisotopic (exact) mass is 323 g/mol. The van der Waals surface area contributed by atoms with Crippen LogP contribution < -0.4 is 5.84 Å². The number of hydrogen-bond acceptors (Lipinski definition) is 7. The zero-order valence-electron chi connectivity index (χ0n) is 11.5. The number of hydrazone groups is 1. The van der Waals surface area contributed by atoms with E-state index in [0.717, 1.165) is 0 Å². The van der Waals surface area contributed by atoms with Gasteiger partial charge in [0.05, 0.1) is 12.8 Å². The summed E-state index contributed by atoms with van der Waals surface area (Å²) in [7, 11) is 1.57. The number of carboxylic acid groups (broad SMARTS) is 4. The minimum atomic E-state index is -2.74. The largest absolute Gasteiger partial charge is 0.481 e. The second-order valence-corrected chi connectivity index (χ2v) is 4.05. The van der Waals surface area contributed by atoms with Gasteiger partial charge in [-0.2, -0.15) is 5.10 Å². The van der Waals surface area contributed by atoms with Gasteiger partial charge in [-0.1, -0.05) is 0 Å². The molecule has 0 rings (SSSR count). The Morgan fingerprint density at radius 3 is 1.68 bits per heavy atom. The molecular weight excluding hydrogens is 306 g/mol. The fourth-order valence-corrected chi connectivity index (χ4v) is 1.08. The van der Waals surface area contributed by atoms with Crippen molar-refractivity contribution >= 4 is 30.2 Å². The van der Waals surface area contributed by atoms with E-state index in [0.29, 0.717) is 0 Å². The van der Waals surface area contributed by atoms with E-state index in [1.54, 1.807) is 7.05 Å². The van der Waals surface area contributed by atoms with Gasteiger partial charge in [0.2, 0.25) is 0 Å². The van der Waals surface area contributed by atoms with Crippen LogP contribution in [0.15, 0.2) is 5.10 Å². The van der Waals surface area contributed by atoms with Crippen LogP contribution in [0.5, 0.6) is 0 Å². The average molecular weight is 323 g/mol. The van der Waals surface area contributed by atoms with Crippen molar-refractivity contribution in [3.05, 3.63) is 0 Å². The van der Waals surface area contributed by atoms with Gasteiger partial charge in [0.25, 0.3) is 0 Å². The summed E-state index contributed by atoms with van der Waals surface area (Å²) in [6.45, 7) is -0.0826. The Bertz CT molecular complexity index is 433. The Kier molecular flexibility index (Phi) is 9.66. The van der Waals surface area contributed by atoms with E-state index >= 15 is 0 Å². The molecule has 0 saturated heterocycles. The lowest BCUT2D eigenvalue weighted by Gasteiger charge is -2.18. The van der Waals surface area contributed by atoms with E-state index in [9.17, 15) is 19.2 Å². The number of rotatable bonds is 8. The first kappa shape index (κ1) is 21.4. The van der Waals surface area contributed by atoms with E-state index in [2.05, 4.69) is 5.10 Å². The van der Waals surface area contributed by atoms with Gasteiger partial charge in [-0.3, -0.25) is 14.4 Å². The third kappa shape index (κ3) is 11.0. The molecule has 126 valence electrons. The predicted octanol–water partition coefficient (Wildman–Crippen LogP) is -2.34. The van der Waals surface area contributed by atoms with Crippen LogP contribution in [0, 0.1) is 0 Å². The minimum Gasteiger partial charge on any atom is -0.481 e. The molecular formula is C10H17N3O9. The van der Waals surface area contributed by atoms with Gasteiger partial charge in [0.15, 0.2) is 5.60 Å². The fraction of sp³-hybridized carbons (Fsp3) is 0.500. The van der Waals surface area contributed by atoms with Gasteiger partial charge in [-0.15, -0.1) is 0 Å². The van der Waals surface area contributed by atoms with Crippen molar-refractivity contribution in [2.24, 2.45) is 10.9 Å². The lowest BCUT2D eigenvalue weighted by atomic mass is 9.96. The van der Waals surface area contributed by atoms with E-state index in [1.165, 1.54) is 11.2 Å². The number of nitrogens with zero attached hydrogens (tertiary/aromatic N) is 2. The SMILES string of the molecule is CN(C=NN)CC(=O)O.O=C(O)CC(O)(CC(=O)O)C(=O)O. The first-order valence-electron chi connectivity index (χ1n) is 5.49. The molecule has 0 spiro atoms. The number of aliphatic hydroxyl groups is 1. The summed E-state index contributed by atoms with van der Waals surface area (Å²) in [5.74, 6) is -1.18. The van der Waals surface area contributed by atoms with E-state index in [4.69, 9.17) is 31.4 Å². The maximum Gasteiger partial charge on any atom is 0.336 e. The van der Waals surface area contributed by atoms with Crippen LogP contribution in [-0.2, 0) is 19.2 Å². The van der Waals surface area contributed by atoms with E-state index in [-0.39, 0.29) is 6.54 Å². The van der Waals surface area contributed by atoms with Crippen LogP contribution in [0.1, 0.15) is 12.8 Å². The van der Waals surface area contributed by atoms with Crippen molar-refractivity contribution in [1.29, 1.82) is 0 Å². The normalized spacial score (nSPS) is 10.5. The van der Waals surface area contributed by atoms with Crippen molar-refractivity contribution in [3.63, 3.8) is 0 Å². The molecule has 0 atom stereocenters. The highest BCUT2D eigenvalue weighted by Crippen LogP contribution is 2.15. The molecule has 0 aromatic rings. The van der Waals surface area contributed by atoms with Crippen molar-refractivity contribution in [2.45, 2.75) is 18.4 Å². The van der Waals surface area contributed by atoms with E-state index < -0.39 is 42.3 Å². The molecule has 0 aromatic carbocycles. The number of hydrogen-bond donors (Lipinski definition) is 6. The van der Waals surface area contributed by atoms with Gasteiger partial charge >= 0.3 is 23.9 Å². The Balaban J connectivity index is 0. The number of carbonyl (C=O) groups is 4. The lowest BCUT2D eigenvalue weighted by molar-refractivity contribution is -0.170. The maximum atomic E-state index is 10.3. The van der Waals surface area contributed by atoms with Crippen molar-refractivity contribution < 1.29 is 44.7 Å². The van der Waals surface area contributed by atoms with Gasteiger partial charge in [0.1, 0.15) is 12.9 Å². The summed E-state index contributed by atoms with van der Waals surface area (Å²) in [4.78, 5) is 41.8. The van der Waals surface area contributed by atoms with E-state index in [1.807, 2.05) is 0 Å². The molecule has 0 heterocycles.